The molecule has 5 nitrogen and oxygen atoms in total. The first kappa shape index (κ1) is 17.4. The van der Waals surface area contributed by atoms with Crippen LogP contribution in [-0.2, 0) is 0 Å². The van der Waals surface area contributed by atoms with Gasteiger partial charge >= 0.3 is 0 Å². The molecule has 0 bridgehead atoms. The Hall–Kier alpha value is -2.47. The maximum absolute atomic E-state index is 12.8. The summed E-state index contributed by atoms with van der Waals surface area (Å²) in [6, 6.07) is 8.98. The second kappa shape index (κ2) is 7.19. The zero-order chi connectivity index (χ0) is 18.0. The van der Waals surface area contributed by atoms with Gasteiger partial charge in [-0.1, -0.05) is 15.9 Å². The van der Waals surface area contributed by atoms with Gasteiger partial charge in [-0.05, 0) is 36.4 Å². The van der Waals surface area contributed by atoms with Gasteiger partial charge in [0.1, 0.15) is 12.4 Å². The lowest BCUT2D eigenvalue weighted by atomic mass is 9.98. The number of carbonyl (C=O) groups is 1. The molecule has 0 unspecified atom stereocenters. The van der Waals surface area contributed by atoms with Crippen LogP contribution in [0.25, 0.3) is 6.08 Å². The maximum atomic E-state index is 12.8. The third kappa shape index (κ3) is 3.22. The fourth-order valence-corrected chi connectivity index (χ4v) is 3.09. The van der Waals surface area contributed by atoms with Crippen molar-refractivity contribution < 1.29 is 23.7 Å². The van der Waals surface area contributed by atoms with Crippen LogP contribution in [0.3, 0.4) is 0 Å². The van der Waals surface area contributed by atoms with Crippen molar-refractivity contribution in [3.8, 4) is 23.0 Å². The number of ketones is 1. The van der Waals surface area contributed by atoms with Crippen molar-refractivity contribution >= 4 is 27.8 Å². The maximum Gasteiger partial charge on any atom is 0.203 e. The minimum absolute atomic E-state index is 0.0700. The van der Waals surface area contributed by atoms with E-state index in [0.717, 1.165) is 4.47 Å². The van der Waals surface area contributed by atoms with Gasteiger partial charge in [-0.25, -0.2) is 0 Å². The molecule has 0 radical (unpaired) electrons. The molecule has 6 heteroatoms. The number of ether oxygens (including phenoxy) is 4. The predicted octanol–water partition coefficient (Wildman–Crippen LogP) is 4.13. The molecule has 130 valence electrons. The third-order valence-corrected chi connectivity index (χ3v) is 4.42. The number of carbonyl (C=O) groups excluding carboxylic acids is 1. The fraction of sp³-hybridized carbons (Fsp3) is 0.211. The Morgan fingerprint density at radius 3 is 2.48 bits per heavy atom. The number of halogens is 1. The van der Waals surface area contributed by atoms with Gasteiger partial charge in [-0.2, -0.15) is 0 Å². The molecule has 25 heavy (non-hydrogen) atoms. The third-order valence-electron chi connectivity index (χ3n) is 3.93. The molecule has 2 aromatic rings. The largest absolute Gasteiger partial charge is 0.493 e. The lowest BCUT2D eigenvalue weighted by Crippen LogP contribution is -2.19. The molecule has 0 atom stereocenters. The number of benzene rings is 2. The second-order valence-electron chi connectivity index (χ2n) is 5.35. The quantitative estimate of drug-likeness (QED) is 0.716. The van der Waals surface area contributed by atoms with Gasteiger partial charge in [0, 0.05) is 15.6 Å². The van der Waals surface area contributed by atoms with Gasteiger partial charge in [-0.15, -0.1) is 0 Å². The summed E-state index contributed by atoms with van der Waals surface area (Å²) in [5.41, 5.74) is 1.79. The molecule has 0 saturated carbocycles. The molecule has 0 spiro atoms. The van der Waals surface area contributed by atoms with Crippen molar-refractivity contribution in [2.24, 2.45) is 0 Å². The smallest absolute Gasteiger partial charge is 0.203 e. The Kier molecular flexibility index (Phi) is 4.99. The summed E-state index contributed by atoms with van der Waals surface area (Å²) in [6.07, 6.45) is 1.76. The standard InChI is InChI=1S/C19H17BrO5/c1-22-16-6-4-11(18(23-2)19(16)24-3)8-12-10-25-15-7-5-13(20)9-14(15)17(12)21/h4-9H,10H2,1-3H3/b12-8+. The minimum Gasteiger partial charge on any atom is -0.493 e. The van der Waals surface area contributed by atoms with Gasteiger partial charge in [0.05, 0.1) is 26.9 Å². The summed E-state index contributed by atoms with van der Waals surface area (Å²) < 4.78 is 22.7. The molecule has 0 saturated heterocycles. The highest BCUT2D eigenvalue weighted by atomic mass is 79.9. The van der Waals surface area contributed by atoms with Crippen LogP contribution < -0.4 is 18.9 Å². The summed E-state index contributed by atoms with van der Waals surface area (Å²) in [4.78, 5) is 12.8. The average Bonchev–Trinajstić information content (AvgIpc) is 2.63. The van der Waals surface area contributed by atoms with Gasteiger partial charge in [0.15, 0.2) is 17.3 Å². The van der Waals surface area contributed by atoms with Crippen LogP contribution in [0.5, 0.6) is 23.0 Å². The van der Waals surface area contributed by atoms with Crippen molar-refractivity contribution in [1.29, 1.82) is 0 Å². The molecule has 3 rings (SSSR count). The zero-order valence-electron chi connectivity index (χ0n) is 14.1. The molecule has 1 aliphatic rings. The lowest BCUT2D eigenvalue weighted by Gasteiger charge is -2.20. The molecule has 0 amide bonds. The number of hydrogen-bond donors (Lipinski definition) is 0. The highest BCUT2D eigenvalue weighted by molar-refractivity contribution is 9.10. The minimum atomic E-state index is -0.0700. The van der Waals surface area contributed by atoms with E-state index in [2.05, 4.69) is 15.9 Å². The topological polar surface area (TPSA) is 54.0 Å². The van der Waals surface area contributed by atoms with Crippen LogP contribution in [0, 0.1) is 0 Å². The van der Waals surface area contributed by atoms with Crippen LogP contribution in [0.4, 0.5) is 0 Å². The number of fused-ring (bicyclic) bond motifs is 1. The van der Waals surface area contributed by atoms with Crippen molar-refractivity contribution in [3.63, 3.8) is 0 Å². The van der Waals surface area contributed by atoms with Crippen LogP contribution in [0.15, 0.2) is 40.4 Å². The van der Waals surface area contributed by atoms with Gasteiger partial charge in [0.25, 0.3) is 0 Å². The summed E-state index contributed by atoms with van der Waals surface area (Å²) in [6.45, 7) is 0.199. The Balaban J connectivity index is 2.06. The van der Waals surface area contributed by atoms with Gasteiger partial charge in [-0.3, -0.25) is 4.79 Å². The summed E-state index contributed by atoms with van der Waals surface area (Å²) >= 11 is 3.38. The SMILES string of the molecule is COc1ccc(/C=C2\COc3ccc(Br)cc3C2=O)c(OC)c1OC. The van der Waals surface area contributed by atoms with E-state index in [4.69, 9.17) is 18.9 Å². The molecule has 1 heterocycles. The van der Waals surface area contributed by atoms with Crippen LogP contribution in [0.1, 0.15) is 15.9 Å². The van der Waals surface area contributed by atoms with E-state index in [1.165, 1.54) is 0 Å². The van der Waals surface area contributed by atoms with Crippen molar-refractivity contribution in [2.75, 3.05) is 27.9 Å². The molecular formula is C19H17BrO5. The van der Waals surface area contributed by atoms with E-state index in [0.29, 0.717) is 39.7 Å². The zero-order valence-corrected chi connectivity index (χ0v) is 15.7. The Labute approximate surface area is 154 Å². The van der Waals surface area contributed by atoms with E-state index in [-0.39, 0.29) is 12.4 Å². The monoisotopic (exact) mass is 404 g/mol. The van der Waals surface area contributed by atoms with E-state index in [1.807, 2.05) is 12.1 Å². The first-order valence-electron chi connectivity index (χ1n) is 7.55. The van der Waals surface area contributed by atoms with Gasteiger partial charge in [0.2, 0.25) is 5.75 Å². The number of rotatable bonds is 4. The van der Waals surface area contributed by atoms with Crippen LogP contribution >= 0.6 is 15.9 Å². The van der Waals surface area contributed by atoms with Crippen LogP contribution in [-0.4, -0.2) is 33.7 Å². The summed E-state index contributed by atoms with van der Waals surface area (Å²) in [5.74, 6) is 2.06. The predicted molar refractivity (Wildman–Crippen MR) is 98.0 cm³/mol. The van der Waals surface area contributed by atoms with E-state index < -0.39 is 0 Å². The molecular weight excluding hydrogens is 388 g/mol. The van der Waals surface area contributed by atoms with Crippen molar-refractivity contribution in [3.05, 3.63) is 51.5 Å². The molecule has 0 fully saturated rings. The molecule has 0 N–H and O–H groups in total. The highest BCUT2D eigenvalue weighted by Crippen LogP contribution is 2.41. The Morgan fingerprint density at radius 1 is 1.04 bits per heavy atom. The first-order chi connectivity index (χ1) is 12.1. The molecule has 0 aliphatic carbocycles. The number of methoxy groups -OCH3 is 3. The first-order valence-corrected chi connectivity index (χ1v) is 8.35. The number of Topliss-reactive ketones (excluding diaryl/α,β-unsaturated/α-hetero) is 1. The van der Waals surface area contributed by atoms with Crippen LogP contribution in [0.2, 0.25) is 0 Å². The van der Waals surface area contributed by atoms with E-state index >= 15 is 0 Å². The van der Waals surface area contributed by atoms with E-state index in [9.17, 15) is 4.79 Å². The summed E-state index contributed by atoms with van der Waals surface area (Å²) in [7, 11) is 4.65. The van der Waals surface area contributed by atoms with Crippen molar-refractivity contribution in [2.45, 2.75) is 0 Å². The Morgan fingerprint density at radius 2 is 1.80 bits per heavy atom. The molecule has 2 aromatic carbocycles. The van der Waals surface area contributed by atoms with Gasteiger partial charge < -0.3 is 18.9 Å². The molecule has 1 aliphatic heterocycles. The lowest BCUT2D eigenvalue weighted by molar-refractivity contribution is 0.100. The molecule has 0 aromatic heterocycles. The van der Waals surface area contributed by atoms with Crippen molar-refractivity contribution in [1.82, 2.24) is 0 Å². The second-order valence-corrected chi connectivity index (χ2v) is 6.27. The van der Waals surface area contributed by atoms with E-state index in [1.54, 1.807) is 45.6 Å². The number of hydrogen-bond acceptors (Lipinski definition) is 5. The fourth-order valence-electron chi connectivity index (χ4n) is 2.73. The highest BCUT2D eigenvalue weighted by Gasteiger charge is 2.24. The average molecular weight is 405 g/mol. The summed E-state index contributed by atoms with van der Waals surface area (Å²) in [5, 5.41) is 0. The normalized spacial score (nSPS) is 14.7. The Bertz CT molecular complexity index is 857.